The van der Waals surface area contributed by atoms with Gasteiger partial charge >= 0.3 is 0 Å². The molecule has 2 rings (SSSR count). The van der Waals surface area contributed by atoms with Crippen molar-refractivity contribution in [2.45, 2.75) is 24.8 Å². The Labute approximate surface area is 130 Å². The molecule has 0 saturated carbocycles. The zero-order chi connectivity index (χ0) is 15.8. The molecule has 0 unspecified atom stereocenters. The molecule has 6 nitrogen and oxygen atoms in total. The lowest BCUT2D eigenvalue weighted by molar-refractivity contribution is 0.538. The number of sulfonamides is 1. The van der Waals surface area contributed by atoms with Crippen LogP contribution in [0.25, 0.3) is 0 Å². The Hall–Kier alpha value is -1.61. The van der Waals surface area contributed by atoms with E-state index in [0.29, 0.717) is 0 Å². The zero-order valence-electron chi connectivity index (χ0n) is 11.3. The summed E-state index contributed by atoms with van der Waals surface area (Å²) in [5, 5.41) is 4.01. The Kier molecular flexibility index (Phi) is 4.24. The topological polar surface area (TPSA) is 90.0 Å². The van der Waals surface area contributed by atoms with E-state index in [4.69, 9.17) is 5.73 Å². The molecule has 0 aliphatic heterocycles. The molecule has 21 heavy (non-hydrogen) atoms. The van der Waals surface area contributed by atoms with Gasteiger partial charge in [-0.15, -0.1) is 0 Å². The lowest BCUT2D eigenvalue weighted by atomic mass is 10.3. The maximum atomic E-state index is 14.0. The number of hydrogen-bond donors (Lipinski definition) is 2. The first-order chi connectivity index (χ1) is 9.72. The average molecular weight is 377 g/mol. The van der Waals surface area contributed by atoms with E-state index in [1.54, 1.807) is 0 Å². The van der Waals surface area contributed by atoms with Crippen molar-refractivity contribution >= 4 is 37.5 Å². The summed E-state index contributed by atoms with van der Waals surface area (Å²) < 4.78 is 42.5. The van der Waals surface area contributed by atoms with Crippen LogP contribution in [0.1, 0.15) is 19.9 Å². The fourth-order valence-corrected chi connectivity index (χ4v) is 3.57. The molecule has 0 spiro atoms. The second kappa shape index (κ2) is 5.64. The van der Waals surface area contributed by atoms with E-state index < -0.39 is 20.7 Å². The van der Waals surface area contributed by atoms with E-state index in [-0.39, 0.29) is 22.0 Å². The molecule has 1 aromatic heterocycles. The summed E-state index contributed by atoms with van der Waals surface area (Å²) in [4.78, 5) is -0.522. The lowest BCUT2D eigenvalue weighted by Crippen LogP contribution is -2.18. The van der Waals surface area contributed by atoms with Crippen molar-refractivity contribution in [3.05, 3.63) is 34.7 Å². The van der Waals surface area contributed by atoms with Gasteiger partial charge in [-0.2, -0.15) is 5.10 Å². The monoisotopic (exact) mass is 376 g/mol. The predicted octanol–water partition coefficient (Wildman–Crippen LogP) is 2.75. The third kappa shape index (κ3) is 3.18. The number of anilines is 2. The van der Waals surface area contributed by atoms with Gasteiger partial charge < -0.3 is 5.73 Å². The standard InChI is InChI=1S/C12H14BrFN4O2S/c1-7(2)18-11(3-4-16-18)17-21(19,20)10-6-8(15)5-9(13)12(10)14/h3-7,17H,15H2,1-2H3. The van der Waals surface area contributed by atoms with Crippen LogP contribution in [0, 0.1) is 5.82 Å². The van der Waals surface area contributed by atoms with E-state index in [1.807, 2.05) is 13.8 Å². The quantitative estimate of drug-likeness (QED) is 0.802. The number of benzene rings is 1. The van der Waals surface area contributed by atoms with Crippen LogP contribution < -0.4 is 10.5 Å². The predicted molar refractivity (Wildman–Crippen MR) is 81.9 cm³/mol. The Morgan fingerprint density at radius 1 is 1.43 bits per heavy atom. The highest BCUT2D eigenvalue weighted by atomic mass is 79.9. The van der Waals surface area contributed by atoms with Crippen LogP contribution in [0.4, 0.5) is 15.9 Å². The number of nitrogens with one attached hydrogen (secondary N) is 1. The van der Waals surface area contributed by atoms with Gasteiger partial charge in [0, 0.05) is 17.8 Å². The van der Waals surface area contributed by atoms with Gasteiger partial charge in [0.2, 0.25) is 0 Å². The average Bonchev–Trinajstić information content (AvgIpc) is 2.81. The van der Waals surface area contributed by atoms with E-state index in [0.717, 1.165) is 6.07 Å². The maximum absolute atomic E-state index is 14.0. The molecule has 1 heterocycles. The summed E-state index contributed by atoms with van der Waals surface area (Å²) in [5.41, 5.74) is 5.71. The maximum Gasteiger partial charge on any atom is 0.266 e. The first-order valence-electron chi connectivity index (χ1n) is 6.03. The fraction of sp³-hybridized carbons (Fsp3) is 0.250. The van der Waals surface area contributed by atoms with Crippen LogP contribution in [0.15, 0.2) is 33.8 Å². The Morgan fingerprint density at radius 2 is 2.10 bits per heavy atom. The number of nitrogen functional groups attached to an aromatic ring is 1. The summed E-state index contributed by atoms with van der Waals surface area (Å²) in [6.07, 6.45) is 1.46. The Balaban J connectivity index is 2.46. The van der Waals surface area contributed by atoms with Crippen molar-refractivity contribution in [3.63, 3.8) is 0 Å². The summed E-state index contributed by atoms with van der Waals surface area (Å²) in [6, 6.07) is 3.82. The fourth-order valence-electron chi connectivity index (χ4n) is 1.78. The molecule has 2 aromatic rings. The van der Waals surface area contributed by atoms with E-state index in [9.17, 15) is 12.8 Å². The van der Waals surface area contributed by atoms with Gasteiger partial charge in [-0.3, -0.25) is 4.72 Å². The third-order valence-electron chi connectivity index (χ3n) is 2.71. The van der Waals surface area contributed by atoms with Gasteiger partial charge in [0.05, 0.1) is 10.7 Å². The second-order valence-electron chi connectivity index (χ2n) is 4.68. The molecule has 1 aromatic carbocycles. The molecule has 114 valence electrons. The van der Waals surface area contributed by atoms with Crippen molar-refractivity contribution in [2.24, 2.45) is 0 Å². The van der Waals surface area contributed by atoms with Crippen LogP contribution in [-0.4, -0.2) is 18.2 Å². The number of hydrogen-bond acceptors (Lipinski definition) is 4. The SMILES string of the molecule is CC(C)n1nccc1NS(=O)(=O)c1cc(N)cc(Br)c1F. The van der Waals surface area contributed by atoms with Gasteiger partial charge in [0.15, 0.2) is 5.82 Å². The van der Waals surface area contributed by atoms with Gasteiger partial charge in [-0.25, -0.2) is 17.5 Å². The molecule has 0 atom stereocenters. The Morgan fingerprint density at radius 3 is 2.71 bits per heavy atom. The summed E-state index contributed by atoms with van der Waals surface area (Å²) in [7, 11) is -4.11. The van der Waals surface area contributed by atoms with E-state index >= 15 is 0 Å². The molecule has 9 heteroatoms. The number of rotatable bonds is 4. The second-order valence-corrected chi connectivity index (χ2v) is 7.18. The summed E-state index contributed by atoms with van der Waals surface area (Å²) in [5.74, 6) is -0.643. The number of aromatic nitrogens is 2. The number of nitrogens with two attached hydrogens (primary N) is 1. The first kappa shape index (κ1) is 15.8. The summed E-state index contributed by atoms with van der Waals surface area (Å²) >= 11 is 2.94. The van der Waals surface area contributed by atoms with Crippen molar-refractivity contribution in [2.75, 3.05) is 10.5 Å². The van der Waals surface area contributed by atoms with Gasteiger partial charge in [0.1, 0.15) is 10.7 Å². The van der Waals surface area contributed by atoms with Gasteiger partial charge in [-0.05, 0) is 41.9 Å². The van der Waals surface area contributed by atoms with Crippen molar-refractivity contribution in [1.82, 2.24) is 9.78 Å². The van der Waals surface area contributed by atoms with Crippen molar-refractivity contribution < 1.29 is 12.8 Å². The van der Waals surface area contributed by atoms with Crippen LogP contribution in [0.2, 0.25) is 0 Å². The van der Waals surface area contributed by atoms with Crippen LogP contribution in [0.3, 0.4) is 0 Å². The normalized spacial score (nSPS) is 11.9. The third-order valence-corrected chi connectivity index (χ3v) is 4.64. The molecule has 0 aliphatic rings. The van der Waals surface area contributed by atoms with E-state index in [2.05, 4.69) is 25.8 Å². The van der Waals surface area contributed by atoms with Crippen molar-refractivity contribution in [1.29, 1.82) is 0 Å². The number of halogens is 2. The van der Waals surface area contributed by atoms with Crippen molar-refractivity contribution in [3.8, 4) is 0 Å². The van der Waals surface area contributed by atoms with E-state index in [1.165, 1.54) is 23.0 Å². The largest absolute Gasteiger partial charge is 0.399 e. The van der Waals surface area contributed by atoms with Gasteiger partial charge in [-0.1, -0.05) is 0 Å². The first-order valence-corrected chi connectivity index (χ1v) is 8.31. The molecule has 0 saturated heterocycles. The molecule has 0 fully saturated rings. The van der Waals surface area contributed by atoms with Crippen LogP contribution >= 0.6 is 15.9 Å². The molecular formula is C12H14BrFN4O2S. The smallest absolute Gasteiger partial charge is 0.266 e. The minimum absolute atomic E-state index is 0.0137. The highest BCUT2D eigenvalue weighted by Crippen LogP contribution is 2.27. The summed E-state index contributed by atoms with van der Waals surface area (Å²) in [6.45, 7) is 3.70. The molecule has 0 aliphatic carbocycles. The molecular weight excluding hydrogens is 363 g/mol. The zero-order valence-corrected chi connectivity index (χ0v) is 13.7. The minimum Gasteiger partial charge on any atom is -0.399 e. The highest BCUT2D eigenvalue weighted by Gasteiger charge is 2.23. The minimum atomic E-state index is -4.11. The Bertz CT molecular complexity index is 774. The van der Waals surface area contributed by atoms with Crippen LogP contribution in [-0.2, 0) is 10.0 Å². The molecule has 3 N–H and O–H groups in total. The van der Waals surface area contributed by atoms with Gasteiger partial charge in [0.25, 0.3) is 10.0 Å². The molecule has 0 bridgehead atoms. The number of nitrogens with zero attached hydrogens (tertiary/aromatic N) is 2. The highest BCUT2D eigenvalue weighted by molar-refractivity contribution is 9.10. The molecule has 0 amide bonds. The van der Waals surface area contributed by atoms with Crippen LogP contribution in [0.5, 0.6) is 0 Å². The molecule has 0 radical (unpaired) electrons. The lowest BCUT2D eigenvalue weighted by Gasteiger charge is -2.14.